The van der Waals surface area contributed by atoms with Gasteiger partial charge in [0.1, 0.15) is 11.6 Å². The van der Waals surface area contributed by atoms with Crippen LogP contribution in [0.1, 0.15) is 42.4 Å². The maximum absolute atomic E-state index is 12.9. The van der Waals surface area contributed by atoms with Crippen LogP contribution >= 0.6 is 12.2 Å². The monoisotopic (exact) mass is 423 g/mol. The van der Waals surface area contributed by atoms with Crippen LogP contribution in [0.2, 0.25) is 0 Å². The van der Waals surface area contributed by atoms with Crippen LogP contribution in [0.5, 0.6) is 0 Å². The Morgan fingerprint density at radius 1 is 1.33 bits per heavy atom. The average Bonchev–Trinajstić information content (AvgIpc) is 3.42. The van der Waals surface area contributed by atoms with Gasteiger partial charge in [-0.1, -0.05) is 6.92 Å². The number of nitrogens with zero attached hydrogens (tertiary/aromatic N) is 3. The topological polar surface area (TPSA) is 97.8 Å². The van der Waals surface area contributed by atoms with Crippen molar-refractivity contribution in [2.75, 3.05) is 5.32 Å². The van der Waals surface area contributed by atoms with E-state index in [1.54, 1.807) is 53.5 Å². The molecule has 0 aliphatic carbocycles. The molecule has 0 fully saturated rings. The molecule has 0 spiro atoms. The van der Waals surface area contributed by atoms with Crippen LogP contribution in [0, 0.1) is 4.77 Å². The minimum atomic E-state index is -0.291. The number of fused-ring (bicyclic) bond motifs is 1. The molecule has 1 atom stereocenters. The fraction of sp³-hybridized carbons (Fsp3) is 0.238. The molecule has 0 bridgehead atoms. The predicted octanol–water partition coefficient (Wildman–Crippen LogP) is 4.12. The first-order valence-corrected chi connectivity index (χ1v) is 10.0. The summed E-state index contributed by atoms with van der Waals surface area (Å²) in [6.07, 6.45) is 4.09. The van der Waals surface area contributed by atoms with Gasteiger partial charge in [0.05, 0.1) is 35.9 Å². The summed E-state index contributed by atoms with van der Waals surface area (Å²) in [6.45, 7) is 4.33. The largest absolute Gasteiger partial charge is 0.467 e. The molecule has 9 heteroatoms. The molecule has 30 heavy (non-hydrogen) atoms. The third-order valence-electron chi connectivity index (χ3n) is 5.06. The quantitative estimate of drug-likeness (QED) is 0.455. The Morgan fingerprint density at radius 2 is 2.17 bits per heavy atom. The molecular weight excluding hydrogens is 402 g/mol. The van der Waals surface area contributed by atoms with Crippen LogP contribution in [0.15, 0.2) is 58.1 Å². The maximum Gasteiger partial charge on any atom is 0.262 e. The summed E-state index contributed by atoms with van der Waals surface area (Å²) >= 11 is 5.36. The van der Waals surface area contributed by atoms with Crippen LogP contribution in [0.3, 0.4) is 0 Å². The lowest BCUT2D eigenvalue weighted by atomic mass is 10.1. The first-order valence-electron chi connectivity index (χ1n) is 9.62. The van der Waals surface area contributed by atoms with E-state index in [1.807, 2.05) is 6.92 Å². The lowest BCUT2D eigenvalue weighted by Gasteiger charge is -2.14. The fourth-order valence-electron chi connectivity index (χ4n) is 3.22. The number of aromatic nitrogens is 4. The van der Waals surface area contributed by atoms with Gasteiger partial charge in [-0.05, 0) is 55.9 Å². The highest BCUT2D eigenvalue weighted by Gasteiger charge is 2.14. The molecule has 154 valence electrons. The van der Waals surface area contributed by atoms with Crippen molar-refractivity contribution in [2.45, 2.75) is 32.9 Å². The number of furan rings is 1. The molecule has 2 N–H and O–H groups in total. The minimum Gasteiger partial charge on any atom is -0.467 e. The van der Waals surface area contributed by atoms with Crippen LogP contribution in [0.4, 0.5) is 5.82 Å². The number of hydrogen-bond donors (Lipinski definition) is 2. The number of benzene rings is 1. The van der Waals surface area contributed by atoms with E-state index in [4.69, 9.17) is 16.6 Å². The number of rotatable bonds is 6. The zero-order chi connectivity index (χ0) is 21.3. The lowest BCUT2D eigenvalue weighted by Crippen LogP contribution is -2.23. The Morgan fingerprint density at radius 3 is 2.90 bits per heavy atom. The molecule has 4 aromatic rings. The van der Waals surface area contributed by atoms with Crippen molar-refractivity contribution in [3.63, 3.8) is 0 Å². The van der Waals surface area contributed by atoms with Gasteiger partial charge in [-0.2, -0.15) is 5.10 Å². The van der Waals surface area contributed by atoms with E-state index in [-0.39, 0.29) is 28.8 Å². The van der Waals surface area contributed by atoms with E-state index in [0.717, 1.165) is 6.42 Å². The van der Waals surface area contributed by atoms with Gasteiger partial charge < -0.3 is 14.7 Å². The van der Waals surface area contributed by atoms with Crippen LogP contribution in [-0.2, 0) is 6.54 Å². The van der Waals surface area contributed by atoms with Crippen molar-refractivity contribution < 1.29 is 9.21 Å². The van der Waals surface area contributed by atoms with Crippen LogP contribution in [0.25, 0.3) is 10.9 Å². The van der Waals surface area contributed by atoms with E-state index >= 15 is 0 Å². The van der Waals surface area contributed by atoms with Crippen molar-refractivity contribution in [1.82, 2.24) is 19.3 Å². The first-order chi connectivity index (χ1) is 14.5. The number of aromatic amines is 1. The molecule has 0 radical (unpaired) electrons. The number of nitrogens with one attached hydrogen (secondary N) is 2. The lowest BCUT2D eigenvalue weighted by molar-refractivity contribution is 0.102. The van der Waals surface area contributed by atoms with Gasteiger partial charge >= 0.3 is 0 Å². The molecule has 8 nitrogen and oxygen atoms in total. The second-order valence-electron chi connectivity index (χ2n) is 7.03. The Labute approximate surface area is 177 Å². The normalized spacial score (nSPS) is 12.2. The second-order valence-corrected chi connectivity index (χ2v) is 7.42. The average molecular weight is 423 g/mol. The van der Waals surface area contributed by atoms with Gasteiger partial charge in [0.25, 0.3) is 11.5 Å². The fourth-order valence-corrected chi connectivity index (χ4v) is 3.48. The maximum atomic E-state index is 12.9. The molecule has 1 amide bonds. The molecular formula is C21H21N5O3S. The van der Waals surface area contributed by atoms with E-state index in [0.29, 0.717) is 28.0 Å². The summed E-state index contributed by atoms with van der Waals surface area (Å²) in [4.78, 5) is 28.7. The smallest absolute Gasteiger partial charge is 0.262 e. The van der Waals surface area contributed by atoms with E-state index in [9.17, 15) is 9.59 Å². The van der Waals surface area contributed by atoms with E-state index in [2.05, 4.69) is 22.3 Å². The third-order valence-corrected chi connectivity index (χ3v) is 5.38. The Kier molecular flexibility index (Phi) is 5.37. The van der Waals surface area contributed by atoms with Gasteiger partial charge in [0.15, 0.2) is 4.77 Å². The Bertz CT molecular complexity index is 1320. The number of hydrogen-bond acceptors (Lipinski definition) is 5. The Hall–Kier alpha value is -3.46. The third kappa shape index (κ3) is 3.71. The van der Waals surface area contributed by atoms with Gasteiger partial charge in [-0.3, -0.25) is 14.2 Å². The second kappa shape index (κ2) is 8.11. The van der Waals surface area contributed by atoms with Crippen molar-refractivity contribution in [1.29, 1.82) is 0 Å². The number of H-pyrrole nitrogens is 1. The van der Waals surface area contributed by atoms with Crippen molar-refractivity contribution in [3.8, 4) is 0 Å². The zero-order valence-electron chi connectivity index (χ0n) is 16.6. The SMILES string of the molecule is CCC(C)n1nccc1NC(=O)c1ccc2c(=O)n(Cc3ccco3)c(=S)[nH]c2c1. The van der Waals surface area contributed by atoms with Gasteiger partial charge in [0, 0.05) is 11.6 Å². The zero-order valence-corrected chi connectivity index (χ0v) is 17.4. The van der Waals surface area contributed by atoms with E-state index < -0.39 is 0 Å². The molecule has 3 aromatic heterocycles. The van der Waals surface area contributed by atoms with Crippen molar-refractivity contribution in [2.24, 2.45) is 0 Å². The highest BCUT2D eigenvalue weighted by atomic mass is 32.1. The van der Waals surface area contributed by atoms with Crippen LogP contribution in [-0.4, -0.2) is 25.2 Å². The number of carbonyl (C=O) groups is 1. The standard InChI is InChI=1S/C21H21N5O3S/c1-3-13(2)26-18(8-9-22-26)24-19(27)14-6-7-16-17(11-14)23-21(30)25(20(16)28)12-15-5-4-10-29-15/h4-11,13H,3,12H2,1-2H3,(H,23,30)(H,24,27). The van der Waals surface area contributed by atoms with Crippen molar-refractivity contribution >= 4 is 34.8 Å². The summed E-state index contributed by atoms with van der Waals surface area (Å²) in [6, 6.07) is 10.3. The highest BCUT2D eigenvalue weighted by molar-refractivity contribution is 7.71. The molecule has 1 unspecified atom stereocenters. The van der Waals surface area contributed by atoms with Gasteiger partial charge in [0.2, 0.25) is 0 Å². The summed E-state index contributed by atoms with van der Waals surface area (Å²) in [5.74, 6) is 0.960. The predicted molar refractivity (Wildman–Crippen MR) is 116 cm³/mol. The summed E-state index contributed by atoms with van der Waals surface area (Å²) < 4.78 is 8.78. The van der Waals surface area contributed by atoms with Gasteiger partial charge in [-0.25, -0.2) is 4.68 Å². The van der Waals surface area contributed by atoms with E-state index in [1.165, 1.54) is 4.57 Å². The van der Waals surface area contributed by atoms with Crippen molar-refractivity contribution in [3.05, 3.63) is 75.3 Å². The first kappa shape index (κ1) is 19.8. The number of amides is 1. The molecule has 3 heterocycles. The molecule has 0 saturated carbocycles. The molecule has 4 rings (SSSR count). The molecule has 0 aliphatic rings. The Balaban J connectivity index is 1.65. The summed E-state index contributed by atoms with van der Waals surface area (Å²) in [5, 5.41) is 7.60. The molecule has 0 aliphatic heterocycles. The molecule has 1 aromatic carbocycles. The highest BCUT2D eigenvalue weighted by Crippen LogP contribution is 2.18. The molecule has 0 saturated heterocycles. The minimum absolute atomic E-state index is 0.163. The number of carbonyl (C=O) groups excluding carboxylic acids is 1. The van der Waals surface area contributed by atoms with Gasteiger partial charge in [-0.15, -0.1) is 0 Å². The van der Waals surface area contributed by atoms with Crippen LogP contribution < -0.4 is 10.9 Å². The number of anilines is 1. The summed E-state index contributed by atoms with van der Waals surface area (Å²) in [7, 11) is 0. The summed E-state index contributed by atoms with van der Waals surface area (Å²) in [5.41, 5.74) is 0.670.